The van der Waals surface area contributed by atoms with Gasteiger partial charge in [0.1, 0.15) is 0 Å². The van der Waals surface area contributed by atoms with Gasteiger partial charge in [-0.05, 0) is 82.2 Å². The molecule has 3 saturated heterocycles. The van der Waals surface area contributed by atoms with Crippen LogP contribution >= 0.6 is 0 Å². The Balaban J connectivity index is 1.42. The first-order valence-electron chi connectivity index (χ1n) is 14.4. The SMILES string of the molecule is C=CCN1C(C)CCC1C1CCCN1C(c1ccc(C(=O)NN2CCCCC2)cc1)c1cccc(C)c1. The first-order valence-corrected chi connectivity index (χ1v) is 14.4. The molecule has 37 heavy (non-hydrogen) atoms. The van der Waals surface area contributed by atoms with Crippen LogP contribution in [0.3, 0.4) is 0 Å². The van der Waals surface area contributed by atoms with Crippen molar-refractivity contribution in [2.75, 3.05) is 26.2 Å². The predicted molar refractivity (Wildman–Crippen MR) is 151 cm³/mol. The Bertz CT molecular complexity index is 1060. The van der Waals surface area contributed by atoms with Gasteiger partial charge in [-0.15, -0.1) is 6.58 Å². The molecule has 5 heteroatoms. The van der Waals surface area contributed by atoms with Gasteiger partial charge in [-0.3, -0.25) is 20.0 Å². The van der Waals surface area contributed by atoms with Crippen molar-refractivity contribution in [2.24, 2.45) is 0 Å². The van der Waals surface area contributed by atoms with E-state index in [1.807, 2.05) is 12.1 Å². The molecule has 198 valence electrons. The molecule has 0 aliphatic carbocycles. The molecule has 3 heterocycles. The van der Waals surface area contributed by atoms with Crippen LogP contribution in [0.1, 0.15) is 85.0 Å². The standard InChI is InChI=1S/C32H44N4O/c1-4-19-35-25(3)13-18-30(35)29-12-9-22-36(29)31(28-11-8-10-24(2)23-28)26-14-16-27(17-15-26)32(37)33-34-20-6-5-7-21-34/h4,8,10-11,14-17,23,25,29-31H,1,5-7,9,12-13,18-22H2,2-3H3,(H,33,37). The molecule has 3 aliphatic heterocycles. The molecule has 5 nitrogen and oxygen atoms in total. The highest BCUT2D eigenvalue weighted by Gasteiger charge is 2.42. The van der Waals surface area contributed by atoms with Crippen molar-refractivity contribution < 1.29 is 4.79 Å². The normalized spacial score (nSPS) is 26.3. The number of amides is 1. The summed E-state index contributed by atoms with van der Waals surface area (Å²) in [6, 6.07) is 19.3. The zero-order valence-electron chi connectivity index (χ0n) is 22.7. The second-order valence-electron chi connectivity index (χ2n) is 11.4. The molecule has 4 unspecified atom stereocenters. The number of carbonyl (C=O) groups excluding carboxylic acids is 1. The molecule has 2 aromatic rings. The fourth-order valence-corrected chi connectivity index (χ4v) is 6.94. The van der Waals surface area contributed by atoms with E-state index < -0.39 is 0 Å². The van der Waals surface area contributed by atoms with Crippen LogP contribution in [0.2, 0.25) is 0 Å². The van der Waals surface area contributed by atoms with Crippen LogP contribution in [0.15, 0.2) is 61.2 Å². The van der Waals surface area contributed by atoms with E-state index in [2.05, 4.69) is 83.1 Å². The number of hydrogen-bond acceptors (Lipinski definition) is 4. The fraction of sp³-hybridized carbons (Fsp3) is 0.531. The minimum Gasteiger partial charge on any atom is -0.293 e. The monoisotopic (exact) mass is 500 g/mol. The number of rotatable bonds is 8. The lowest BCUT2D eigenvalue weighted by atomic mass is 9.92. The van der Waals surface area contributed by atoms with E-state index in [9.17, 15) is 4.79 Å². The summed E-state index contributed by atoms with van der Waals surface area (Å²) in [6.07, 6.45) is 10.6. The lowest BCUT2D eigenvalue weighted by molar-refractivity contribution is 0.0750. The molecule has 0 spiro atoms. The molecule has 0 aromatic heterocycles. The zero-order valence-corrected chi connectivity index (χ0v) is 22.7. The van der Waals surface area contributed by atoms with Crippen molar-refractivity contribution in [3.8, 4) is 0 Å². The molecule has 0 bridgehead atoms. The van der Waals surface area contributed by atoms with Gasteiger partial charge in [-0.2, -0.15) is 0 Å². The molecule has 1 amide bonds. The first-order chi connectivity index (χ1) is 18.0. The fourth-order valence-electron chi connectivity index (χ4n) is 6.94. The summed E-state index contributed by atoms with van der Waals surface area (Å²) < 4.78 is 0. The Morgan fingerprint density at radius 3 is 2.49 bits per heavy atom. The smallest absolute Gasteiger partial charge is 0.265 e. The average molecular weight is 501 g/mol. The highest BCUT2D eigenvalue weighted by molar-refractivity contribution is 5.93. The number of nitrogens with one attached hydrogen (secondary N) is 1. The summed E-state index contributed by atoms with van der Waals surface area (Å²) in [4.78, 5) is 18.4. The topological polar surface area (TPSA) is 38.8 Å². The van der Waals surface area contributed by atoms with Crippen LogP contribution in [0.25, 0.3) is 0 Å². The molecule has 0 saturated carbocycles. The van der Waals surface area contributed by atoms with E-state index in [0.717, 1.165) is 44.6 Å². The minimum atomic E-state index is -0.000357. The Labute approximate surface area is 223 Å². The van der Waals surface area contributed by atoms with E-state index in [0.29, 0.717) is 18.1 Å². The van der Waals surface area contributed by atoms with Gasteiger partial charge in [0.25, 0.3) is 5.91 Å². The van der Waals surface area contributed by atoms with Crippen LogP contribution in [0.4, 0.5) is 0 Å². The Hall–Kier alpha value is -2.47. The molecule has 1 N–H and O–H groups in total. The van der Waals surface area contributed by atoms with Gasteiger partial charge in [0, 0.05) is 43.3 Å². The number of hydrazine groups is 1. The van der Waals surface area contributed by atoms with Gasteiger partial charge in [0.15, 0.2) is 0 Å². The van der Waals surface area contributed by atoms with Crippen molar-refractivity contribution in [1.29, 1.82) is 0 Å². The lowest BCUT2D eigenvalue weighted by Gasteiger charge is -2.40. The van der Waals surface area contributed by atoms with Crippen LogP contribution in [-0.4, -0.2) is 65.0 Å². The molecule has 3 fully saturated rings. The van der Waals surface area contributed by atoms with Crippen molar-refractivity contribution in [2.45, 2.75) is 83.0 Å². The summed E-state index contributed by atoms with van der Waals surface area (Å²) in [5.74, 6) is -0.000357. The maximum Gasteiger partial charge on any atom is 0.265 e. The third-order valence-corrected chi connectivity index (χ3v) is 8.79. The molecule has 2 aromatic carbocycles. The third-order valence-electron chi connectivity index (χ3n) is 8.79. The molecule has 4 atom stereocenters. The van der Waals surface area contributed by atoms with E-state index >= 15 is 0 Å². The van der Waals surface area contributed by atoms with Crippen LogP contribution in [0, 0.1) is 6.92 Å². The highest BCUT2D eigenvalue weighted by atomic mass is 16.2. The number of hydrogen-bond donors (Lipinski definition) is 1. The van der Waals surface area contributed by atoms with Crippen molar-refractivity contribution >= 4 is 5.91 Å². The molecule has 0 radical (unpaired) electrons. The number of nitrogens with zero attached hydrogens (tertiary/aromatic N) is 3. The average Bonchev–Trinajstić information content (AvgIpc) is 3.52. The maximum absolute atomic E-state index is 12.9. The summed E-state index contributed by atoms with van der Waals surface area (Å²) in [6.45, 7) is 12.6. The largest absolute Gasteiger partial charge is 0.293 e. The van der Waals surface area contributed by atoms with Gasteiger partial charge < -0.3 is 0 Å². The van der Waals surface area contributed by atoms with Crippen LogP contribution in [-0.2, 0) is 0 Å². The lowest BCUT2D eigenvalue weighted by Crippen LogP contribution is -2.49. The molecular formula is C32H44N4O. The Morgan fingerprint density at radius 2 is 1.76 bits per heavy atom. The summed E-state index contributed by atoms with van der Waals surface area (Å²) in [7, 11) is 0. The molecular weight excluding hydrogens is 456 g/mol. The van der Waals surface area contributed by atoms with E-state index in [-0.39, 0.29) is 11.9 Å². The van der Waals surface area contributed by atoms with Crippen molar-refractivity contribution in [3.63, 3.8) is 0 Å². The second kappa shape index (κ2) is 11.9. The molecule has 5 rings (SSSR count). The number of likely N-dealkylation sites (tertiary alicyclic amines) is 2. The van der Waals surface area contributed by atoms with Crippen LogP contribution in [0.5, 0.6) is 0 Å². The minimum absolute atomic E-state index is 0.000357. The van der Waals surface area contributed by atoms with Crippen LogP contribution < -0.4 is 5.43 Å². The summed E-state index contributed by atoms with van der Waals surface area (Å²) in [5.41, 5.74) is 7.75. The first kappa shape index (κ1) is 26.1. The Morgan fingerprint density at radius 1 is 0.973 bits per heavy atom. The van der Waals surface area contributed by atoms with Gasteiger partial charge in [-0.25, -0.2) is 5.01 Å². The summed E-state index contributed by atoms with van der Waals surface area (Å²) in [5, 5.41) is 2.07. The second-order valence-corrected chi connectivity index (χ2v) is 11.4. The molecule has 3 aliphatic rings. The van der Waals surface area contributed by atoms with Gasteiger partial charge in [0.05, 0.1) is 6.04 Å². The van der Waals surface area contributed by atoms with Gasteiger partial charge in [-0.1, -0.05) is 54.5 Å². The summed E-state index contributed by atoms with van der Waals surface area (Å²) >= 11 is 0. The van der Waals surface area contributed by atoms with Crippen molar-refractivity contribution in [3.05, 3.63) is 83.4 Å². The van der Waals surface area contributed by atoms with Gasteiger partial charge in [0.2, 0.25) is 0 Å². The van der Waals surface area contributed by atoms with Gasteiger partial charge >= 0.3 is 0 Å². The van der Waals surface area contributed by atoms with E-state index in [1.165, 1.54) is 48.8 Å². The quantitative estimate of drug-likeness (QED) is 0.471. The maximum atomic E-state index is 12.9. The van der Waals surface area contributed by atoms with E-state index in [1.54, 1.807) is 0 Å². The highest BCUT2D eigenvalue weighted by Crippen LogP contribution is 2.40. The zero-order chi connectivity index (χ0) is 25.8. The number of aryl methyl sites for hydroxylation is 1. The predicted octanol–water partition coefficient (Wildman–Crippen LogP) is 5.72. The number of benzene rings is 2. The number of carbonyl (C=O) groups is 1. The third kappa shape index (κ3) is 5.84. The Kier molecular flexibility index (Phi) is 8.43. The van der Waals surface area contributed by atoms with E-state index in [4.69, 9.17) is 0 Å². The van der Waals surface area contributed by atoms with Crippen molar-refractivity contribution in [1.82, 2.24) is 20.2 Å². The number of piperidine rings is 1.